The first-order valence-corrected chi connectivity index (χ1v) is 8.63. The summed E-state index contributed by atoms with van der Waals surface area (Å²) in [6.07, 6.45) is 0. The molecule has 0 aliphatic carbocycles. The molecule has 0 saturated heterocycles. The van der Waals surface area contributed by atoms with E-state index in [4.69, 9.17) is 9.47 Å². The second-order valence-corrected chi connectivity index (χ2v) is 6.52. The highest BCUT2D eigenvalue weighted by Crippen LogP contribution is 2.27. The van der Waals surface area contributed by atoms with Gasteiger partial charge in [0.25, 0.3) is 5.91 Å². The van der Waals surface area contributed by atoms with Crippen molar-refractivity contribution in [3.05, 3.63) is 63.9 Å². The molecule has 2 N–H and O–H groups in total. The number of benzene rings is 2. The second kappa shape index (κ2) is 7.53. The number of amides is 1. The standard InChI is InChI=1S/C21H22N2O4/c1-12(2)17-11-20(24)23-18-9-13(5-7-15(17)18)22-21(25)16-8-6-14(26-3)10-19(16)27-4/h5-12H,1-4H3,(H,22,25)(H,23,24). The Hall–Kier alpha value is -3.28. The van der Waals surface area contributed by atoms with Crippen LogP contribution in [0.2, 0.25) is 0 Å². The van der Waals surface area contributed by atoms with Crippen LogP contribution in [-0.4, -0.2) is 25.1 Å². The normalized spacial score (nSPS) is 10.9. The molecule has 27 heavy (non-hydrogen) atoms. The third kappa shape index (κ3) is 3.79. The van der Waals surface area contributed by atoms with Crippen LogP contribution in [-0.2, 0) is 0 Å². The van der Waals surface area contributed by atoms with Gasteiger partial charge in [-0.15, -0.1) is 0 Å². The molecule has 0 unspecified atom stereocenters. The number of fused-ring (bicyclic) bond motifs is 1. The van der Waals surface area contributed by atoms with E-state index in [1.807, 2.05) is 26.0 Å². The number of carbonyl (C=O) groups excluding carboxylic acids is 1. The second-order valence-electron chi connectivity index (χ2n) is 6.52. The van der Waals surface area contributed by atoms with E-state index in [0.29, 0.717) is 28.3 Å². The van der Waals surface area contributed by atoms with Crippen LogP contribution in [0.3, 0.4) is 0 Å². The zero-order valence-electron chi connectivity index (χ0n) is 15.8. The quantitative estimate of drug-likeness (QED) is 0.717. The van der Waals surface area contributed by atoms with Crippen LogP contribution < -0.4 is 20.3 Å². The van der Waals surface area contributed by atoms with Gasteiger partial charge in [-0.2, -0.15) is 0 Å². The molecule has 140 valence electrons. The van der Waals surface area contributed by atoms with Gasteiger partial charge in [0.05, 0.1) is 25.3 Å². The molecule has 0 spiro atoms. The van der Waals surface area contributed by atoms with Crippen LogP contribution in [0, 0.1) is 0 Å². The van der Waals surface area contributed by atoms with E-state index in [1.54, 1.807) is 37.4 Å². The molecule has 0 fully saturated rings. The largest absolute Gasteiger partial charge is 0.497 e. The van der Waals surface area contributed by atoms with Crippen molar-refractivity contribution >= 4 is 22.5 Å². The molecule has 3 aromatic rings. The van der Waals surface area contributed by atoms with Crippen molar-refractivity contribution < 1.29 is 14.3 Å². The summed E-state index contributed by atoms with van der Waals surface area (Å²) in [5.74, 6) is 0.936. The third-order valence-corrected chi connectivity index (χ3v) is 4.41. The van der Waals surface area contributed by atoms with Gasteiger partial charge in [0.15, 0.2) is 0 Å². The van der Waals surface area contributed by atoms with Crippen molar-refractivity contribution in [1.82, 2.24) is 4.98 Å². The number of hydrogen-bond acceptors (Lipinski definition) is 4. The molecule has 1 heterocycles. The molecule has 3 rings (SSSR count). The van der Waals surface area contributed by atoms with E-state index in [9.17, 15) is 9.59 Å². The molecule has 6 heteroatoms. The van der Waals surface area contributed by atoms with Gasteiger partial charge in [-0.05, 0) is 35.7 Å². The summed E-state index contributed by atoms with van der Waals surface area (Å²) in [6, 6.07) is 12.1. The van der Waals surface area contributed by atoms with Crippen LogP contribution in [0.15, 0.2) is 47.3 Å². The van der Waals surface area contributed by atoms with Crippen molar-refractivity contribution in [3.8, 4) is 11.5 Å². The average molecular weight is 366 g/mol. The Kier molecular flexibility index (Phi) is 5.16. The SMILES string of the molecule is COc1ccc(C(=O)Nc2ccc3c(C(C)C)cc(=O)[nH]c3c2)c(OC)c1. The van der Waals surface area contributed by atoms with Crippen LogP contribution in [0.1, 0.15) is 35.7 Å². The van der Waals surface area contributed by atoms with Crippen LogP contribution in [0.5, 0.6) is 11.5 Å². The van der Waals surface area contributed by atoms with Gasteiger partial charge in [-0.3, -0.25) is 9.59 Å². The molecular formula is C21H22N2O4. The first-order chi connectivity index (χ1) is 12.9. The predicted octanol–water partition coefficient (Wildman–Crippen LogP) is 3.92. The summed E-state index contributed by atoms with van der Waals surface area (Å²) < 4.78 is 10.4. The van der Waals surface area contributed by atoms with Crippen LogP contribution >= 0.6 is 0 Å². The summed E-state index contributed by atoms with van der Waals surface area (Å²) in [5.41, 5.74) is 2.48. The fourth-order valence-corrected chi connectivity index (χ4v) is 3.03. The number of carbonyl (C=O) groups is 1. The maximum atomic E-state index is 12.7. The van der Waals surface area contributed by atoms with Gasteiger partial charge < -0.3 is 19.8 Å². The highest BCUT2D eigenvalue weighted by atomic mass is 16.5. The number of aromatic amines is 1. The molecule has 1 amide bonds. The van der Waals surface area contributed by atoms with Crippen LogP contribution in [0.4, 0.5) is 5.69 Å². The van der Waals surface area contributed by atoms with Crippen LogP contribution in [0.25, 0.3) is 10.9 Å². The molecule has 0 aliphatic rings. The predicted molar refractivity (Wildman–Crippen MR) is 106 cm³/mol. The van der Waals surface area contributed by atoms with Crippen molar-refractivity contribution in [2.75, 3.05) is 19.5 Å². The fourth-order valence-electron chi connectivity index (χ4n) is 3.03. The minimum atomic E-state index is -0.309. The zero-order chi connectivity index (χ0) is 19.6. The average Bonchev–Trinajstić information content (AvgIpc) is 2.66. The lowest BCUT2D eigenvalue weighted by Crippen LogP contribution is -2.14. The molecule has 0 bridgehead atoms. The minimum absolute atomic E-state index is 0.161. The number of ether oxygens (including phenoxy) is 2. The summed E-state index contributed by atoms with van der Waals surface area (Å²) in [5, 5.41) is 3.81. The Morgan fingerprint density at radius 2 is 1.81 bits per heavy atom. The van der Waals surface area contributed by atoms with Gasteiger partial charge in [-0.25, -0.2) is 0 Å². The van der Waals surface area contributed by atoms with Gasteiger partial charge in [0.2, 0.25) is 5.56 Å². The molecular weight excluding hydrogens is 344 g/mol. The summed E-state index contributed by atoms with van der Waals surface area (Å²) in [4.78, 5) is 27.4. The Morgan fingerprint density at radius 1 is 1.04 bits per heavy atom. The Labute approximate surface area is 157 Å². The third-order valence-electron chi connectivity index (χ3n) is 4.41. The summed E-state index contributed by atoms with van der Waals surface area (Å²) >= 11 is 0. The van der Waals surface area contributed by atoms with Gasteiger partial charge in [0.1, 0.15) is 11.5 Å². The van der Waals surface area contributed by atoms with Crippen molar-refractivity contribution in [3.63, 3.8) is 0 Å². The van der Waals surface area contributed by atoms with Gasteiger partial charge in [0, 0.05) is 23.2 Å². The maximum Gasteiger partial charge on any atom is 0.259 e. The highest BCUT2D eigenvalue weighted by molar-refractivity contribution is 6.07. The van der Waals surface area contributed by atoms with Crippen molar-refractivity contribution in [1.29, 1.82) is 0 Å². The lowest BCUT2D eigenvalue weighted by Gasteiger charge is -2.13. The lowest BCUT2D eigenvalue weighted by atomic mass is 9.99. The molecule has 0 saturated carbocycles. The van der Waals surface area contributed by atoms with E-state index in [1.165, 1.54) is 7.11 Å². The van der Waals surface area contributed by atoms with E-state index < -0.39 is 0 Å². The lowest BCUT2D eigenvalue weighted by molar-refractivity contribution is 0.102. The smallest absolute Gasteiger partial charge is 0.259 e. The summed E-state index contributed by atoms with van der Waals surface area (Å²) in [6.45, 7) is 4.08. The summed E-state index contributed by atoms with van der Waals surface area (Å²) in [7, 11) is 3.05. The first-order valence-electron chi connectivity index (χ1n) is 8.63. The minimum Gasteiger partial charge on any atom is -0.497 e. The van der Waals surface area contributed by atoms with Gasteiger partial charge >= 0.3 is 0 Å². The Bertz CT molecular complexity index is 1050. The number of nitrogens with one attached hydrogen (secondary N) is 2. The van der Waals surface area contributed by atoms with E-state index in [0.717, 1.165) is 10.9 Å². The molecule has 6 nitrogen and oxygen atoms in total. The maximum absolute atomic E-state index is 12.7. The molecule has 0 atom stereocenters. The number of anilines is 1. The Morgan fingerprint density at radius 3 is 2.48 bits per heavy atom. The molecule has 0 aliphatic heterocycles. The highest BCUT2D eigenvalue weighted by Gasteiger charge is 2.14. The van der Waals surface area contributed by atoms with E-state index >= 15 is 0 Å². The number of rotatable bonds is 5. The number of hydrogen-bond donors (Lipinski definition) is 2. The van der Waals surface area contributed by atoms with E-state index in [2.05, 4.69) is 10.3 Å². The van der Waals surface area contributed by atoms with Gasteiger partial charge in [-0.1, -0.05) is 19.9 Å². The topological polar surface area (TPSA) is 80.4 Å². The number of aromatic nitrogens is 1. The van der Waals surface area contributed by atoms with E-state index in [-0.39, 0.29) is 17.4 Å². The fraction of sp³-hybridized carbons (Fsp3) is 0.238. The molecule has 2 aromatic carbocycles. The first kappa shape index (κ1) is 18.5. The monoisotopic (exact) mass is 366 g/mol. The number of pyridine rings is 1. The molecule has 1 aromatic heterocycles. The van der Waals surface area contributed by atoms with Crippen molar-refractivity contribution in [2.45, 2.75) is 19.8 Å². The molecule has 0 radical (unpaired) electrons. The zero-order valence-corrected chi connectivity index (χ0v) is 15.8. The Balaban J connectivity index is 1.95. The van der Waals surface area contributed by atoms with Crippen molar-refractivity contribution in [2.24, 2.45) is 0 Å². The number of H-pyrrole nitrogens is 1. The number of methoxy groups -OCH3 is 2.